The Labute approximate surface area is 140 Å². The van der Waals surface area contributed by atoms with Gasteiger partial charge in [0.25, 0.3) is 5.91 Å². The molecule has 0 unspecified atom stereocenters. The molecular formula is C20H21FN2O. The number of carbonyl (C=O) groups excluding carboxylic acids is 1. The van der Waals surface area contributed by atoms with E-state index in [1.54, 1.807) is 6.07 Å². The molecule has 0 aliphatic rings. The second kappa shape index (κ2) is 6.48. The molecule has 3 rings (SSSR count). The third kappa shape index (κ3) is 2.92. The van der Waals surface area contributed by atoms with Crippen LogP contribution in [0, 0.1) is 26.6 Å². The van der Waals surface area contributed by atoms with E-state index in [1.165, 1.54) is 6.07 Å². The van der Waals surface area contributed by atoms with E-state index in [-0.39, 0.29) is 11.7 Å². The minimum absolute atomic E-state index is 0.0755. The molecule has 0 saturated carbocycles. The van der Waals surface area contributed by atoms with Crippen LogP contribution in [0.3, 0.4) is 0 Å². The molecule has 0 bridgehead atoms. The van der Waals surface area contributed by atoms with Gasteiger partial charge < -0.3 is 10.3 Å². The number of rotatable bonds is 4. The van der Waals surface area contributed by atoms with Gasteiger partial charge in [-0.05, 0) is 56.0 Å². The van der Waals surface area contributed by atoms with Crippen molar-refractivity contribution in [3.05, 3.63) is 70.2 Å². The number of nitrogens with one attached hydrogen (secondary N) is 2. The fourth-order valence-electron chi connectivity index (χ4n) is 3.18. The van der Waals surface area contributed by atoms with Gasteiger partial charge in [-0.25, -0.2) is 4.39 Å². The molecule has 1 heterocycles. The van der Waals surface area contributed by atoms with Crippen molar-refractivity contribution >= 4 is 16.8 Å². The van der Waals surface area contributed by atoms with Crippen LogP contribution in [0.25, 0.3) is 10.9 Å². The van der Waals surface area contributed by atoms with Crippen molar-refractivity contribution in [2.24, 2.45) is 0 Å². The highest BCUT2D eigenvalue weighted by Gasteiger charge is 2.14. The van der Waals surface area contributed by atoms with Crippen LogP contribution < -0.4 is 5.32 Å². The zero-order chi connectivity index (χ0) is 17.3. The van der Waals surface area contributed by atoms with Crippen LogP contribution in [0.1, 0.15) is 32.7 Å². The molecule has 4 heteroatoms. The topological polar surface area (TPSA) is 44.9 Å². The minimum Gasteiger partial charge on any atom is -0.356 e. The molecule has 2 aromatic carbocycles. The number of aryl methyl sites for hydroxylation is 3. The first-order valence-corrected chi connectivity index (χ1v) is 8.09. The fourth-order valence-corrected chi connectivity index (χ4v) is 3.18. The second-order valence-electron chi connectivity index (χ2n) is 6.16. The summed E-state index contributed by atoms with van der Waals surface area (Å²) in [7, 11) is 0. The number of carbonyl (C=O) groups is 1. The number of fused-ring (bicyclic) bond motifs is 1. The van der Waals surface area contributed by atoms with Gasteiger partial charge in [-0.2, -0.15) is 0 Å². The Morgan fingerprint density at radius 2 is 1.83 bits per heavy atom. The Kier molecular flexibility index (Phi) is 4.38. The van der Waals surface area contributed by atoms with Crippen LogP contribution in [-0.4, -0.2) is 17.4 Å². The average molecular weight is 324 g/mol. The smallest absolute Gasteiger partial charge is 0.251 e. The molecule has 0 aliphatic carbocycles. The first-order valence-electron chi connectivity index (χ1n) is 8.09. The zero-order valence-corrected chi connectivity index (χ0v) is 14.2. The summed E-state index contributed by atoms with van der Waals surface area (Å²) >= 11 is 0. The standard InChI is InChI=1S/C20H21FN2O/c1-12-6-4-5-7-15(12)20(24)22-11-10-16-14(3)23-19-17(21)9-8-13(2)18(16)19/h4-9,23H,10-11H2,1-3H3,(H,22,24). The Morgan fingerprint density at radius 3 is 2.58 bits per heavy atom. The monoisotopic (exact) mass is 324 g/mol. The molecule has 3 aromatic rings. The summed E-state index contributed by atoms with van der Waals surface area (Å²) in [6, 6.07) is 10.8. The molecule has 0 fully saturated rings. The number of aromatic amines is 1. The molecule has 0 aliphatic heterocycles. The van der Waals surface area contributed by atoms with Gasteiger partial charge in [0.05, 0.1) is 5.52 Å². The van der Waals surface area contributed by atoms with Crippen molar-refractivity contribution in [1.82, 2.24) is 10.3 Å². The lowest BCUT2D eigenvalue weighted by atomic mass is 10.0. The van der Waals surface area contributed by atoms with Crippen LogP contribution in [0.4, 0.5) is 4.39 Å². The highest BCUT2D eigenvalue weighted by atomic mass is 19.1. The van der Waals surface area contributed by atoms with Gasteiger partial charge in [-0.3, -0.25) is 4.79 Å². The summed E-state index contributed by atoms with van der Waals surface area (Å²) in [6.07, 6.45) is 0.660. The lowest BCUT2D eigenvalue weighted by molar-refractivity contribution is 0.0953. The Bertz CT molecular complexity index is 911. The number of benzene rings is 2. The Morgan fingerprint density at radius 1 is 1.08 bits per heavy atom. The zero-order valence-electron chi connectivity index (χ0n) is 14.2. The number of H-pyrrole nitrogens is 1. The van der Waals surface area contributed by atoms with E-state index in [4.69, 9.17) is 0 Å². The molecule has 0 atom stereocenters. The molecule has 0 radical (unpaired) electrons. The Hall–Kier alpha value is -2.62. The lowest BCUT2D eigenvalue weighted by Gasteiger charge is -2.08. The van der Waals surface area contributed by atoms with Gasteiger partial charge >= 0.3 is 0 Å². The number of aromatic nitrogens is 1. The summed E-state index contributed by atoms with van der Waals surface area (Å²) in [5, 5.41) is 3.89. The van der Waals surface area contributed by atoms with Crippen LogP contribution in [0.5, 0.6) is 0 Å². The highest BCUT2D eigenvalue weighted by Crippen LogP contribution is 2.27. The van der Waals surface area contributed by atoms with Crippen molar-refractivity contribution in [3.8, 4) is 0 Å². The van der Waals surface area contributed by atoms with Gasteiger partial charge in [0.15, 0.2) is 0 Å². The van der Waals surface area contributed by atoms with Crippen molar-refractivity contribution in [2.75, 3.05) is 6.54 Å². The summed E-state index contributed by atoms with van der Waals surface area (Å²) in [5.41, 5.74) is 5.24. The van der Waals surface area contributed by atoms with Crippen molar-refractivity contribution < 1.29 is 9.18 Å². The molecule has 0 spiro atoms. The SMILES string of the molecule is Cc1ccccc1C(=O)NCCc1c(C)[nH]c2c(F)ccc(C)c12. The van der Waals surface area contributed by atoms with Crippen molar-refractivity contribution in [1.29, 1.82) is 0 Å². The fraction of sp³-hybridized carbons (Fsp3) is 0.250. The van der Waals surface area contributed by atoms with E-state index in [9.17, 15) is 9.18 Å². The number of hydrogen-bond acceptors (Lipinski definition) is 1. The molecule has 124 valence electrons. The molecule has 24 heavy (non-hydrogen) atoms. The van der Waals surface area contributed by atoms with E-state index in [0.29, 0.717) is 24.0 Å². The molecule has 1 amide bonds. The largest absolute Gasteiger partial charge is 0.356 e. The quantitative estimate of drug-likeness (QED) is 0.742. The van der Waals surface area contributed by atoms with Crippen LogP contribution in [0.2, 0.25) is 0 Å². The third-order valence-corrected chi connectivity index (χ3v) is 4.48. The van der Waals surface area contributed by atoms with E-state index in [2.05, 4.69) is 10.3 Å². The number of amides is 1. The third-order valence-electron chi connectivity index (χ3n) is 4.48. The predicted octanol–water partition coefficient (Wildman–Crippen LogP) is 4.20. The van der Waals surface area contributed by atoms with Crippen LogP contribution >= 0.6 is 0 Å². The first kappa shape index (κ1) is 16.2. The maximum absolute atomic E-state index is 14.0. The molecule has 2 N–H and O–H groups in total. The number of hydrogen-bond donors (Lipinski definition) is 2. The van der Waals surface area contributed by atoms with Crippen molar-refractivity contribution in [2.45, 2.75) is 27.2 Å². The molecule has 0 saturated heterocycles. The summed E-state index contributed by atoms with van der Waals surface area (Å²) in [4.78, 5) is 15.4. The summed E-state index contributed by atoms with van der Waals surface area (Å²) < 4.78 is 14.0. The van der Waals surface area contributed by atoms with E-state index in [0.717, 1.165) is 27.8 Å². The molecule has 3 nitrogen and oxygen atoms in total. The first-order chi connectivity index (χ1) is 11.5. The maximum atomic E-state index is 14.0. The Balaban J connectivity index is 1.77. The average Bonchev–Trinajstić information content (AvgIpc) is 2.89. The molecule has 1 aromatic heterocycles. The summed E-state index contributed by atoms with van der Waals surface area (Å²) in [6.45, 7) is 6.35. The molecular weight excluding hydrogens is 303 g/mol. The van der Waals surface area contributed by atoms with Crippen molar-refractivity contribution in [3.63, 3.8) is 0 Å². The van der Waals surface area contributed by atoms with Gasteiger partial charge in [-0.1, -0.05) is 24.3 Å². The second-order valence-corrected chi connectivity index (χ2v) is 6.16. The van der Waals surface area contributed by atoms with Crippen LogP contribution in [0.15, 0.2) is 36.4 Å². The lowest BCUT2D eigenvalue weighted by Crippen LogP contribution is -2.26. The highest BCUT2D eigenvalue weighted by molar-refractivity contribution is 5.95. The maximum Gasteiger partial charge on any atom is 0.251 e. The van der Waals surface area contributed by atoms with Gasteiger partial charge in [0, 0.05) is 23.2 Å². The van der Waals surface area contributed by atoms with Crippen LogP contribution in [-0.2, 0) is 6.42 Å². The van der Waals surface area contributed by atoms with Gasteiger partial charge in [-0.15, -0.1) is 0 Å². The minimum atomic E-state index is -0.242. The van der Waals surface area contributed by atoms with Gasteiger partial charge in [0.2, 0.25) is 0 Å². The summed E-state index contributed by atoms with van der Waals surface area (Å²) in [5.74, 6) is -0.317. The number of halogens is 1. The normalized spacial score (nSPS) is 11.0. The van der Waals surface area contributed by atoms with E-state index in [1.807, 2.05) is 45.0 Å². The van der Waals surface area contributed by atoms with E-state index < -0.39 is 0 Å². The predicted molar refractivity (Wildman–Crippen MR) is 94.9 cm³/mol. The van der Waals surface area contributed by atoms with Gasteiger partial charge in [0.1, 0.15) is 5.82 Å². The van der Waals surface area contributed by atoms with E-state index >= 15 is 0 Å².